The largest absolute Gasteiger partial charge is 0.450 e. The monoisotopic (exact) mass is 387 g/mol. The number of nitrogens with zero attached hydrogens (tertiary/aromatic N) is 4. The molecule has 0 saturated carbocycles. The number of aromatic nitrogens is 2. The first-order valence-electron chi connectivity index (χ1n) is 10.1. The number of piperazine rings is 1. The predicted octanol–water partition coefficient (Wildman–Crippen LogP) is 2.38. The molecule has 28 heavy (non-hydrogen) atoms. The molecule has 1 N–H and O–H groups in total. The van der Waals surface area contributed by atoms with Crippen molar-refractivity contribution in [1.82, 2.24) is 20.4 Å². The van der Waals surface area contributed by atoms with Gasteiger partial charge in [0.1, 0.15) is 0 Å². The summed E-state index contributed by atoms with van der Waals surface area (Å²) in [5, 5.41) is 11.2. The first-order chi connectivity index (χ1) is 13.7. The van der Waals surface area contributed by atoms with Crippen molar-refractivity contribution in [2.24, 2.45) is 0 Å². The van der Waals surface area contributed by atoms with Crippen LogP contribution in [0.3, 0.4) is 0 Å². The summed E-state index contributed by atoms with van der Waals surface area (Å²) in [6, 6.07) is 3.51. The minimum atomic E-state index is -0.274. The predicted molar refractivity (Wildman–Crippen MR) is 106 cm³/mol. The van der Waals surface area contributed by atoms with Crippen molar-refractivity contribution >= 4 is 17.8 Å². The molecule has 1 saturated heterocycles. The highest BCUT2D eigenvalue weighted by atomic mass is 16.6. The standard InChI is InChI=1S/C20H29N5O3/c1-2-28-20(27)25-14-12-24(13-15-25)18-9-8-17(22-23-18)19(26)21-11-10-16-6-4-3-5-7-16/h6,8-9H,2-5,7,10-15H2,1H3,(H,21,26). The highest BCUT2D eigenvalue weighted by Crippen LogP contribution is 2.19. The molecule has 0 spiro atoms. The van der Waals surface area contributed by atoms with Gasteiger partial charge in [0.15, 0.2) is 11.5 Å². The molecule has 152 valence electrons. The number of anilines is 1. The molecule has 1 aromatic rings. The Morgan fingerprint density at radius 3 is 2.61 bits per heavy atom. The molecule has 1 aliphatic carbocycles. The Morgan fingerprint density at radius 1 is 1.14 bits per heavy atom. The van der Waals surface area contributed by atoms with Gasteiger partial charge in [0.2, 0.25) is 0 Å². The van der Waals surface area contributed by atoms with Crippen molar-refractivity contribution in [1.29, 1.82) is 0 Å². The van der Waals surface area contributed by atoms with E-state index in [0.717, 1.165) is 19.3 Å². The first kappa shape index (κ1) is 20.1. The summed E-state index contributed by atoms with van der Waals surface area (Å²) in [7, 11) is 0. The lowest BCUT2D eigenvalue weighted by molar-refractivity contribution is 0.0947. The van der Waals surface area contributed by atoms with Gasteiger partial charge in [0.25, 0.3) is 5.91 Å². The molecule has 2 heterocycles. The second-order valence-corrected chi connectivity index (χ2v) is 7.06. The van der Waals surface area contributed by atoms with Crippen LogP contribution in [0.15, 0.2) is 23.8 Å². The molecule has 0 bridgehead atoms. The van der Waals surface area contributed by atoms with Gasteiger partial charge >= 0.3 is 6.09 Å². The third-order valence-corrected chi connectivity index (χ3v) is 5.13. The summed E-state index contributed by atoms with van der Waals surface area (Å²) in [6.45, 7) is 5.30. The molecular formula is C20H29N5O3. The van der Waals surface area contributed by atoms with Gasteiger partial charge in [-0.15, -0.1) is 10.2 Å². The van der Waals surface area contributed by atoms with Gasteiger partial charge in [-0.05, 0) is 51.2 Å². The molecule has 8 heteroatoms. The van der Waals surface area contributed by atoms with E-state index >= 15 is 0 Å². The Balaban J connectivity index is 1.45. The SMILES string of the molecule is CCOC(=O)N1CCN(c2ccc(C(=O)NCCC3=CCCCC3)nn2)CC1. The van der Waals surface area contributed by atoms with Gasteiger partial charge in [-0.3, -0.25) is 4.79 Å². The highest BCUT2D eigenvalue weighted by molar-refractivity contribution is 5.92. The topological polar surface area (TPSA) is 87.7 Å². The van der Waals surface area contributed by atoms with Crippen LogP contribution in [0.4, 0.5) is 10.6 Å². The quantitative estimate of drug-likeness (QED) is 0.754. The molecule has 2 aliphatic rings. The van der Waals surface area contributed by atoms with Crippen molar-refractivity contribution in [3.63, 3.8) is 0 Å². The van der Waals surface area contributed by atoms with Crippen LogP contribution in [-0.2, 0) is 4.74 Å². The third kappa shape index (κ3) is 5.43. The molecule has 1 aromatic heterocycles. The van der Waals surface area contributed by atoms with Crippen molar-refractivity contribution in [2.75, 3.05) is 44.2 Å². The lowest BCUT2D eigenvalue weighted by Crippen LogP contribution is -2.49. The first-order valence-corrected chi connectivity index (χ1v) is 10.1. The maximum atomic E-state index is 12.2. The normalized spacial score (nSPS) is 17.1. The highest BCUT2D eigenvalue weighted by Gasteiger charge is 2.23. The third-order valence-electron chi connectivity index (χ3n) is 5.13. The van der Waals surface area contributed by atoms with Gasteiger partial charge in [0, 0.05) is 32.7 Å². The van der Waals surface area contributed by atoms with E-state index in [1.807, 2.05) is 6.07 Å². The average molecular weight is 387 g/mol. The van der Waals surface area contributed by atoms with Crippen molar-refractivity contribution < 1.29 is 14.3 Å². The lowest BCUT2D eigenvalue weighted by Gasteiger charge is -2.34. The van der Waals surface area contributed by atoms with E-state index < -0.39 is 0 Å². The Labute approximate surface area is 165 Å². The summed E-state index contributed by atoms with van der Waals surface area (Å²) in [6.07, 6.45) is 7.76. The summed E-state index contributed by atoms with van der Waals surface area (Å²) >= 11 is 0. The number of rotatable bonds is 6. The number of hydrogen-bond donors (Lipinski definition) is 1. The van der Waals surface area contributed by atoms with E-state index in [-0.39, 0.29) is 12.0 Å². The number of nitrogens with one attached hydrogen (secondary N) is 1. The van der Waals surface area contributed by atoms with Crippen LogP contribution < -0.4 is 10.2 Å². The number of carbonyl (C=O) groups excluding carboxylic acids is 2. The van der Waals surface area contributed by atoms with Gasteiger partial charge in [0.05, 0.1) is 6.61 Å². The van der Waals surface area contributed by atoms with Crippen LogP contribution in [0.25, 0.3) is 0 Å². The van der Waals surface area contributed by atoms with E-state index in [9.17, 15) is 9.59 Å². The molecular weight excluding hydrogens is 358 g/mol. The molecule has 3 rings (SSSR count). The fourth-order valence-corrected chi connectivity index (χ4v) is 3.51. The Bertz CT molecular complexity index is 696. The average Bonchev–Trinajstić information content (AvgIpc) is 2.75. The van der Waals surface area contributed by atoms with Gasteiger partial charge in [-0.2, -0.15) is 0 Å². The molecule has 0 unspecified atom stereocenters. The van der Waals surface area contributed by atoms with Crippen LogP contribution in [0.5, 0.6) is 0 Å². The van der Waals surface area contributed by atoms with Gasteiger partial charge < -0.3 is 19.9 Å². The second kappa shape index (κ2) is 10.1. The van der Waals surface area contributed by atoms with Gasteiger partial charge in [-0.1, -0.05) is 11.6 Å². The lowest BCUT2D eigenvalue weighted by atomic mass is 9.97. The Morgan fingerprint density at radius 2 is 1.96 bits per heavy atom. The van der Waals surface area contributed by atoms with Crippen LogP contribution in [-0.4, -0.2) is 66.4 Å². The maximum absolute atomic E-state index is 12.2. The van der Waals surface area contributed by atoms with Crippen LogP contribution in [0, 0.1) is 0 Å². The number of allylic oxidation sites excluding steroid dienone is 1. The van der Waals surface area contributed by atoms with Crippen molar-refractivity contribution in [2.45, 2.75) is 39.0 Å². The van der Waals surface area contributed by atoms with E-state index in [4.69, 9.17) is 4.74 Å². The summed E-state index contributed by atoms with van der Waals surface area (Å²) < 4.78 is 5.03. The minimum absolute atomic E-state index is 0.192. The summed E-state index contributed by atoms with van der Waals surface area (Å²) in [5.74, 6) is 0.523. The van der Waals surface area contributed by atoms with E-state index in [1.54, 1.807) is 17.9 Å². The van der Waals surface area contributed by atoms with Crippen molar-refractivity contribution in [3.05, 3.63) is 29.5 Å². The number of carbonyl (C=O) groups is 2. The second-order valence-electron chi connectivity index (χ2n) is 7.06. The molecule has 8 nitrogen and oxygen atoms in total. The van der Waals surface area contributed by atoms with Crippen LogP contribution >= 0.6 is 0 Å². The molecule has 0 aromatic carbocycles. The zero-order chi connectivity index (χ0) is 19.8. The number of ether oxygens (including phenoxy) is 1. The molecule has 0 radical (unpaired) electrons. The fourth-order valence-electron chi connectivity index (χ4n) is 3.51. The minimum Gasteiger partial charge on any atom is -0.450 e. The Kier molecular flexibility index (Phi) is 7.22. The summed E-state index contributed by atoms with van der Waals surface area (Å²) in [5.41, 5.74) is 1.77. The van der Waals surface area contributed by atoms with Crippen LogP contribution in [0.2, 0.25) is 0 Å². The van der Waals surface area contributed by atoms with Crippen LogP contribution in [0.1, 0.15) is 49.5 Å². The van der Waals surface area contributed by atoms with E-state index in [2.05, 4.69) is 26.5 Å². The van der Waals surface area contributed by atoms with Crippen molar-refractivity contribution in [3.8, 4) is 0 Å². The molecule has 1 aliphatic heterocycles. The van der Waals surface area contributed by atoms with E-state index in [1.165, 1.54) is 18.4 Å². The van der Waals surface area contributed by atoms with E-state index in [0.29, 0.717) is 50.8 Å². The zero-order valence-corrected chi connectivity index (χ0v) is 16.5. The number of amides is 2. The maximum Gasteiger partial charge on any atom is 0.409 e. The van der Waals surface area contributed by atoms with Gasteiger partial charge in [-0.25, -0.2) is 4.79 Å². The summed E-state index contributed by atoms with van der Waals surface area (Å²) in [4.78, 5) is 27.8. The molecule has 2 amide bonds. The molecule has 1 fully saturated rings. The Hall–Kier alpha value is -2.64. The fraction of sp³-hybridized carbons (Fsp3) is 0.600. The zero-order valence-electron chi connectivity index (χ0n) is 16.5. The molecule has 0 atom stereocenters. The number of hydrogen-bond acceptors (Lipinski definition) is 6. The smallest absolute Gasteiger partial charge is 0.409 e.